The third-order valence-corrected chi connectivity index (χ3v) is 12.4. The lowest BCUT2D eigenvalue weighted by molar-refractivity contribution is 0.390. The van der Waals surface area contributed by atoms with Crippen LogP contribution in [0.1, 0.15) is 77.0 Å². The van der Waals surface area contributed by atoms with Gasteiger partial charge in [-0.2, -0.15) is 8.61 Å². The Balaban J connectivity index is 1.60. The molecule has 3 aromatic carbocycles. The zero-order valence-corrected chi connectivity index (χ0v) is 25.6. The number of nitrogens with zero attached hydrogens (tertiary/aromatic N) is 3. The minimum Gasteiger partial charge on any atom is -0.291 e. The molecule has 5 rings (SSSR count). The first-order valence-electron chi connectivity index (χ1n) is 15.1. The molecule has 2 aliphatic rings. The highest BCUT2D eigenvalue weighted by molar-refractivity contribution is 7.89. The van der Waals surface area contributed by atoms with Crippen LogP contribution >= 0.6 is 0 Å². The van der Waals surface area contributed by atoms with E-state index in [2.05, 4.69) is 10.7 Å². The summed E-state index contributed by atoms with van der Waals surface area (Å²) in [6, 6.07) is 8.86. The van der Waals surface area contributed by atoms with Gasteiger partial charge in [0.1, 0.15) is 5.69 Å². The average Bonchev–Trinajstić information content (AvgIpc) is 3.23. The van der Waals surface area contributed by atoms with Crippen molar-refractivity contribution in [3.63, 3.8) is 0 Å². The highest BCUT2D eigenvalue weighted by atomic mass is 32.2. The van der Waals surface area contributed by atoms with Crippen molar-refractivity contribution < 1.29 is 22.0 Å². The molecule has 0 spiro atoms. The second-order valence-corrected chi connectivity index (χ2v) is 15.3. The zero-order chi connectivity index (χ0) is 29.7. The molecule has 2 N–H and O–H groups in total. The fourth-order valence-corrected chi connectivity index (χ4v) is 9.36. The summed E-state index contributed by atoms with van der Waals surface area (Å²) in [6.07, 6.45) is 11.5. The molecule has 2 saturated heterocycles. The van der Waals surface area contributed by atoms with Gasteiger partial charge in [0.05, 0.1) is 15.5 Å². The van der Waals surface area contributed by atoms with E-state index in [4.69, 9.17) is 0 Å². The predicted molar refractivity (Wildman–Crippen MR) is 165 cm³/mol. The zero-order valence-electron chi connectivity index (χ0n) is 23.9. The third-order valence-electron chi connectivity index (χ3n) is 8.64. The molecule has 0 unspecified atom stereocenters. The van der Waals surface area contributed by atoms with Crippen LogP contribution in [0.15, 0.2) is 51.4 Å². The molecule has 10 nitrogen and oxygen atoms in total. The molecule has 2 heterocycles. The van der Waals surface area contributed by atoms with Crippen molar-refractivity contribution >= 4 is 53.0 Å². The van der Waals surface area contributed by atoms with Crippen molar-refractivity contribution in [2.75, 3.05) is 31.7 Å². The van der Waals surface area contributed by atoms with Crippen LogP contribution in [0.3, 0.4) is 0 Å². The van der Waals surface area contributed by atoms with E-state index in [0.717, 1.165) is 77.0 Å². The molecular weight excluding hydrogens is 576 g/mol. The van der Waals surface area contributed by atoms with Crippen LogP contribution in [-0.4, -0.2) is 56.8 Å². The quantitative estimate of drug-likeness (QED) is 0.175. The van der Waals surface area contributed by atoms with Crippen molar-refractivity contribution in [2.24, 2.45) is 5.18 Å². The summed E-state index contributed by atoms with van der Waals surface area (Å²) in [5, 5.41) is 14.7. The van der Waals surface area contributed by atoms with Crippen molar-refractivity contribution in [1.29, 1.82) is 0 Å². The molecule has 3 aromatic rings. The maximum Gasteiger partial charge on any atom is 0.243 e. The van der Waals surface area contributed by atoms with E-state index in [-0.39, 0.29) is 26.6 Å². The lowest BCUT2D eigenvalue weighted by atomic mass is 9.99. The molecule has 0 aromatic heterocycles. The minimum atomic E-state index is -3.83. The van der Waals surface area contributed by atoms with Crippen LogP contribution in [0.4, 0.5) is 11.4 Å². The number of hydrogen-bond donors (Lipinski definition) is 2. The molecule has 0 amide bonds. The number of benzene rings is 3. The number of anilines is 1. The van der Waals surface area contributed by atoms with Crippen molar-refractivity contribution in [2.45, 2.75) is 86.8 Å². The van der Waals surface area contributed by atoms with E-state index in [1.54, 1.807) is 0 Å². The Labute approximate surface area is 248 Å². The van der Waals surface area contributed by atoms with Crippen LogP contribution in [0.5, 0.6) is 0 Å². The number of sulfonamides is 2. The number of rotatable bonds is 6. The summed E-state index contributed by atoms with van der Waals surface area (Å²) in [6.45, 7) is 1.76. The summed E-state index contributed by atoms with van der Waals surface area (Å²) in [7, 11) is -7.66. The molecule has 12 heteroatoms. The van der Waals surface area contributed by atoms with Crippen LogP contribution in [-0.2, 0) is 20.0 Å². The highest BCUT2D eigenvalue weighted by Gasteiger charge is 2.28. The van der Waals surface area contributed by atoms with Gasteiger partial charge in [-0.15, -0.1) is 4.91 Å². The van der Waals surface area contributed by atoms with Crippen molar-refractivity contribution in [3.05, 3.63) is 41.3 Å². The summed E-state index contributed by atoms with van der Waals surface area (Å²) in [4.78, 5) is 12.3. The predicted octanol–water partition coefficient (Wildman–Crippen LogP) is 6.88. The molecule has 0 radical (unpaired) electrons. The lowest BCUT2D eigenvalue weighted by Gasteiger charge is -2.23. The normalized spacial score (nSPS) is 19.3. The second kappa shape index (κ2) is 13.3. The standard InChI is InChI=1S/C30H40N4O6S2/c35-31-29-26-16-14-24(42(39,40)34-19-11-7-3-4-8-12-20-34)22-28(26)30(32-36)25-15-13-23(21-27(25)29)41(37,38)33-17-9-5-1-2-6-10-18-33/h13-16,21-22,31,35H,1-12,17-20H2. The Morgan fingerprint density at radius 3 is 1.40 bits per heavy atom. The van der Waals surface area contributed by atoms with E-state index in [9.17, 15) is 26.9 Å². The van der Waals surface area contributed by atoms with Gasteiger partial charge >= 0.3 is 0 Å². The Hall–Kier alpha value is -2.64. The topological polar surface area (TPSA) is 136 Å². The first-order chi connectivity index (χ1) is 20.3. The largest absolute Gasteiger partial charge is 0.291 e. The van der Waals surface area contributed by atoms with Crippen LogP contribution in [0.2, 0.25) is 0 Å². The fourth-order valence-electron chi connectivity index (χ4n) is 6.27. The van der Waals surface area contributed by atoms with E-state index in [1.165, 1.54) is 45.0 Å². The van der Waals surface area contributed by atoms with Crippen LogP contribution < -0.4 is 5.48 Å². The van der Waals surface area contributed by atoms with Crippen molar-refractivity contribution in [1.82, 2.24) is 8.61 Å². The van der Waals surface area contributed by atoms with Crippen LogP contribution in [0.25, 0.3) is 21.5 Å². The van der Waals surface area contributed by atoms with Gasteiger partial charge in [-0.1, -0.05) is 63.5 Å². The second-order valence-electron chi connectivity index (χ2n) is 11.4. The Morgan fingerprint density at radius 1 is 0.571 bits per heavy atom. The summed E-state index contributed by atoms with van der Waals surface area (Å²) < 4.78 is 57.8. The summed E-state index contributed by atoms with van der Waals surface area (Å²) >= 11 is 0. The van der Waals surface area contributed by atoms with Crippen molar-refractivity contribution in [3.8, 4) is 0 Å². The first kappa shape index (κ1) is 30.8. The molecule has 0 bridgehead atoms. The molecule has 42 heavy (non-hydrogen) atoms. The lowest BCUT2D eigenvalue weighted by Crippen LogP contribution is -2.32. The minimum absolute atomic E-state index is 0.00721. The number of nitroso groups, excluding NO2 is 1. The number of hydrogen-bond acceptors (Lipinski definition) is 8. The first-order valence-corrected chi connectivity index (χ1v) is 17.9. The molecule has 0 saturated carbocycles. The van der Waals surface area contributed by atoms with E-state index >= 15 is 0 Å². The molecule has 0 aliphatic carbocycles. The average molecular weight is 617 g/mol. The maximum atomic E-state index is 13.7. The van der Waals surface area contributed by atoms with Crippen LogP contribution in [0, 0.1) is 4.91 Å². The molecule has 2 aliphatic heterocycles. The SMILES string of the molecule is O=Nc1c2cc(S(=O)(=O)N3CCCCCCCC3)ccc2c(NO)c2cc(S(=O)(=O)N3CCCCCCCC3)ccc12. The fraction of sp³-hybridized carbons (Fsp3) is 0.533. The molecule has 228 valence electrons. The van der Waals surface area contributed by atoms with Gasteiger partial charge in [-0.25, -0.2) is 16.8 Å². The van der Waals surface area contributed by atoms with Gasteiger partial charge in [-0.05, 0) is 55.1 Å². The van der Waals surface area contributed by atoms with Gasteiger partial charge < -0.3 is 0 Å². The maximum absolute atomic E-state index is 13.7. The smallest absolute Gasteiger partial charge is 0.243 e. The van der Waals surface area contributed by atoms with Gasteiger partial charge in [0.15, 0.2) is 0 Å². The Kier molecular flexibility index (Phi) is 9.78. The molecule has 0 atom stereocenters. The molecular formula is C30H40N4O6S2. The number of nitrogens with one attached hydrogen (secondary N) is 1. The number of fused-ring (bicyclic) bond motifs is 2. The Morgan fingerprint density at radius 2 is 0.976 bits per heavy atom. The highest BCUT2D eigenvalue weighted by Crippen LogP contribution is 2.43. The third kappa shape index (κ3) is 6.19. The van der Waals surface area contributed by atoms with E-state index in [1.807, 2.05) is 0 Å². The Bertz CT molecular complexity index is 1640. The van der Waals surface area contributed by atoms with E-state index < -0.39 is 20.0 Å². The van der Waals surface area contributed by atoms with Gasteiger partial charge in [-0.3, -0.25) is 10.7 Å². The monoisotopic (exact) mass is 616 g/mol. The van der Waals surface area contributed by atoms with Gasteiger partial charge in [0.2, 0.25) is 20.0 Å². The molecule has 2 fully saturated rings. The summed E-state index contributed by atoms with van der Waals surface area (Å²) in [5.74, 6) is 0. The van der Waals surface area contributed by atoms with Gasteiger partial charge in [0.25, 0.3) is 0 Å². The van der Waals surface area contributed by atoms with E-state index in [0.29, 0.717) is 42.3 Å². The van der Waals surface area contributed by atoms with Gasteiger partial charge in [0, 0.05) is 47.7 Å². The summed E-state index contributed by atoms with van der Waals surface area (Å²) in [5.41, 5.74) is 2.35.